The Morgan fingerprint density at radius 2 is 2.50 bits per heavy atom. The lowest BCUT2D eigenvalue weighted by Gasteiger charge is -2.02. The van der Waals surface area contributed by atoms with E-state index in [-0.39, 0.29) is 11.3 Å². The summed E-state index contributed by atoms with van der Waals surface area (Å²) in [6, 6.07) is 5.17. The number of nitriles is 1. The fraction of sp³-hybridized carbons (Fsp3) is 0.0833. The molecule has 90 valence electrons. The molecule has 0 spiro atoms. The van der Waals surface area contributed by atoms with Crippen molar-refractivity contribution in [3.8, 4) is 17.5 Å². The molecule has 6 heteroatoms. The third-order valence-electron chi connectivity index (χ3n) is 2.10. The Kier molecular flexibility index (Phi) is 3.65. The van der Waals surface area contributed by atoms with Crippen molar-refractivity contribution < 1.29 is 4.42 Å². The Morgan fingerprint density at radius 1 is 1.67 bits per heavy atom. The minimum Gasteiger partial charge on any atom is -0.463 e. The van der Waals surface area contributed by atoms with E-state index in [4.69, 9.17) is 9.68 Å². The first-order valence-electron chi connectivity index (χ1n) is 5.08. The Morgan fingerprint density at radius 3 is 3.11 bits per heavy atom. The van der Waals surface area contributed by atoms with E-state index in [1.807, 2.05) is 6.07 Å². The van der Waals surface area contributed by atoms with E-state index >= 15 is 0 Å². The molecule has 0 aliphatic rings. The average Bonchev–Trinajstić information content (AvgIpc) is 2.89. The third-order valence-corrected chi connectivity index (χ3v) is 2.97. The maximum atomic E-state index is 11.8. The van der Waals surface area contributed by atoms with Gasteiger partial charge in [-0.15, -0.1) is 6.58 Å². The quantitative estimate of drug-likeness (QED) is 0.517. The van der Waals surface area contributed by atoms with Crippen LogP contribution in [0.3, 0.4) is 0 Å². The van der Waals surface area contributed by atoms with Crippen molar-refractivity contribution in [2.24, 2.45) is 0 Å². The maximum Gasteiger partial charge on any atom is 0.270 e. The van der Waals surface area contributed by atoms with Crippen molar-refractivity contribution in [3.05, 3.63) is 47.0 Å². The zero-order chi connectivity index (χ0) is 13.0. The Hall–Kier alpha value is -2.26. The summed E-state index contributed by atoms with van der Waals surface area (Å²) in [6.45, 7) is 3.59. The van der Waals surface area contributed by atoms with Crippen LogP contribution in [0.4, 0.5) is 0 Å². The standard InChI is InChI=1S/C12H9N3O2S/c1-2-6-18-12-14-10(9-4-3-5-17-9)8(7-13)11(16)15-12/h2-5H,1,6H2,(H,14,15,16). The van der Waals surface area contributed by atoms with E-state index in [1.165, 1.54) is 18.0 Å². The molecule has 18 heavy (non-hydrogen) atoms. The number of aromatic nitrogens is 2. The lowest BCUT2D eigenvalue weighted by atomic mass is 10.2. The summed E-state index contributed by atoms with van der Waals surface area (Å²) in [5, 5.41) is 9.43. The molecule has 0 atom stereocenters. The van der Waals surface area contributed by atoms with Crippen LogP contribution in [0.5, 0.6) is 0 Å². The number of nitrogens with one attached hydrogen (secondary N) is 1. The topological polar surface area (TPSA) is 82.7 Å². The molecule has 0 radical (unpaired) electrons. The number of furan rings is 1. The van der Waals surface area contributed by atoms with Crippen LogP contribution in [0.15, 0.2) is 45.4 Å². The summed E-state index contributed by atoms with van der Waals surface area (Å²) in [4.78, 5) is 18.5. The first kappa shape index (κ1) is 12.2. The second-order valence-electron chi connectivity index (χ2n) is 3.28. The summed E-state index contributed by atoms with van der Waals surface area (Å²) < 4.78 is 5.18. The van der Waals surface area contributed by atoms with E-state index in [0.29, 0.717) is 16.7 Å². The van der Waals surface area contributed by atoms with Crippen molar-refractivity contribution in [2.75, 3.05) is 5.75 Å². The summed E-state index contributed by atoms with van der Waals surface area (Å²) in [5.41, 5.74) is -0.254. The number of aromatic amines is 1. The zero-order valence-electron chi connectivity index (χ0n) is 9.34. The average molecular weight is 259 g/mol. The molecule has 0 aliphatic heterocycles. The van der Waals surface area contributed by atoms with E-state index < -0.39 is 5.56 Å². The molecule has 0 amide bonds. The van der Waals surface area contributed by atoms with Crippen molar-refractivity contribution >= 4 is 11.8 Å². The number of hydrogen-bond acceptors (Lipinski definition) is 5. The predicted molar refractivity (Wildman–Crippen MR) is 68.2 cm³/mol. The van der Waals surface area contributed by atoms with Gasteiger partial charge in [0.15, 0.2) is 10.9 Å². The van der Waals surface area contributed by atoms with Crippen LogP contribution >= 0.6 is 11.8 Å². The van der Waals surface area contributed by atoms with E-state index in [9.17, 15) is 4.79 Å². The van der Waals surface area contributed by atoms with Crippen LogP contribution in [-0.4, -0.2) is 15.7 Å². The van der Waals surface area contributed by atoms with Crippen molar-refractivity contribution in [2.45, 2.75) is 5.16 Å². The number of nitrogens with zero attached hydrogens (tertiary/aromatic N) is 2. The summed E-state index contributed by atoms with van der Waals surface area (Å²) in [7, 11) is 0. The van der Waals surface area contributed by atoms with Crippen LogP contribution in [-0.2, 0) is 0 Å². The highest BCUT2D eigenvalue weighted by atomic mass is 32.2. The van der Waals surface area contributed by atoms with Gasteiger partial charge < -0.3 is 9.40 Å². The molecule has 1 N–H and O–H groups in total. The first-order valence-corrected chi connectivity index (χ1v) is 6.07. The van der Waals surface area contributed by atoms with Crippen molar-refractivity contribution in [1.29, 1.82) is 5.26 Å². The third kappa shape index (κ3) is 2.36. The van der Waals surface area contributed by atoms with E-state index in [2.05, 4.69) is 16.5 Å². The first-order chi connectivity index (χ1) is 8.76. The minimum absolute atomic E-state index is 0.0482. The molecule has 0 saturated heterocycles. The van der Waals surface area contributed by atoms with Crippen LogP contribution in [0.25, 0.3) is 11.5 Å². The predicted octanol–water partition coefficient (Wildman–Crippen LogP) is 2.18. The summed E-state index contributed by atoms with van der Waals surface area (Å²) in [5.74, 6) is 1.02. The van der Waals surface area contributed by atoms with E-state index in [1.54, 1.807) is 18.2 Å². The number of hydrogen-bond donors (Lipinski definition) is 1. The second kappa shape index (κ2) is 5.38. The van der Waals surface area contributed by atoms with Gasteiger partial charge >= 0.3 is 0 Å². The minimum atomic E-state index is -0.467. The monoisotopic (exact) mass is 259 g/mol. The van der Waals surface area contributed by atoms with Gasteiger partial charge in [0, 0.05) is 5.75 Å². The molecule has 0 bridgehead atoms. The Labute approximate surface area is 107 Å². The van der Waals surface area contributed by atoms with Gasteiger partial charge in [0.05, 0.1) is 6.26 Å². The maximum absolute atomic E-state index is 11.8. The Balaban J connectivity index is 2.55. The summed E-state index contributed by atoms with van der Waals surface area (Å²) >= 11 is 1.33. The fourth-order valence-corrected chi connectivity index (χ4v) is 1.95. The fourth-order valence-electron chi connectivity index (χ4n) is 1.35. The molecule has 2 heterocycles. The largest absolute Gasteiger partial charge is 0.463 e. The molecule has 2 rings (SSSR count). The van der Waals surface area contributed by atoms with Crippen LogP contribution in [0.1, 0.15) is 5.56 Å². The SMILES string of the molecule is C=CCSc1nc(-c2ccco2)c(C#N)c(=O)[nH]1. The molecule has 5 nitrogen and oxygen atoms in total. The number of thioether (sulfide) groups is 1. The highest BCUT2D eigenvalue weighted by Crippen LogP contribution is 2.22. The molecular weight excluding hydrogens is 250 g/mol. The molecule has 2 aromatic rings. The summed E-state index contributed by atoms with van der Waals surface area (Å²) in [6.07, 6.45) is 3.17. The van der Waals surface area contributed by atoms with Gasteiger partial charge in [-0.05, 0) is 12.1 Å². The van der Waals surface area contributed by atoms with Gasteiger partial charge in [0.2, 0.25) is 0 Å². The lowest BCUT2D eigenvalue weighted by Crippen LogP contribution is -2.14. The molecule has 0 saturated carbocycles. The van der Waals surface area contributed by atoms with Crippen LogP contribution in [0, 0.1) is 11.3 Å². The second-order valence-corrected chi connectivity index (χ2v) is 4.29. The highest BCUT2D eigenvalue weighted by molar-refractivity contribution is 7.99. The van der Waals surface area contributed by atoms with E-state index in [0.717, 1.165) is 0 Å². The molecule has 0 unspecified atom stereocenters. The van der Waals surface area contributed by atoms with Gasteiger partial charge in [0.25, 0.3) is 5.56 Å². The highest BCUT2D eigenvalue weighted by Gasteiger charge is 2.15. The lowest BCUT2D eigenvalue weighted by molar-refractivity contribution is 0.578. The molecule has 0 aromatic carbocycles. The normalized spacial score (nSPS) is 9.94. The molecule has 0 aliphatic carbocycles. The smallest absolute Gasteiger partial charge is 0.270 e. The number of H-pyrrole nitrogens is 1. The number of rotatable bonds is 4. The zero-order valence-corrected chi connectivity index (χ0v) is 10.2. The van der Waals surface area contributed by atoms with Gasteiger partial charge in [-0.1, -0.05) is 17.8 Å². The van der Waals surface area contributed by atoms with Gasteiger partial charge in [-0.3, -0.25) is 4.79 Å². The van der Waals surface area contributed by atoms with Gasteiger partial charge in [-0.2, -0.15) is 5.26 Å². The van der Waals surface area contributed by atoms with Crippen LogP contribution in [0.2, 0.25) is 0 Å². The molecule has 2 aromatic heterocycles. The van der Waals surface area contributed by atoms with Crippen molar-refractivity contribution in [1.82, 2.24) is 9.97 Å². The van der Waals surface area contributed by atoms with Gasteiger partial charge in [-0.25, -0.2) is 4.98 Å². The van der Waals surface area contributed by atoms with Gasteiger partial charge in [0.1, 0.15) is 17.3 Å². The molecule has 0 fully saturated rings. The molecular formula is C12H9N3O2S. The van der Waals surface area contributed by atoms with Crippen molar-refractivity contribution in [3.63, 3.8) is 0 Å². The van der Waals surface area contributed by atoms with Crippen LogP contribution < -0.4 is 5.56 Å². The Bertz CT molecular complexity index is 653.